The molecule has 1 aromatic rings. The van der Waals surface area contributed by atoms with E-state index in [2.05, 4.69) is 35.9 Å². The Morgan fingerprint density at radius 1 is 1.33 bits per heavy atom. The lowest BCUT2D eigenvalue weighted by molar-refractivity contribution is -0.129. The Morgan fingerprint density at radius 3 is 2.58 bits per heavy atom. The molecule has 0 aromatic carbocycles. The van der Waals surface area contributed by atoms with Gasteiger partial charge in [-0.2, -0.15) is 0 Å². The zero-order chi connectivity index (χ0) is 17.9. The minimum atomic E-state index is -0.179. The molecule has 1 aromatic heterocycles. The number of amides is 1. The number of hydrogen-bond donors (Lipinski definition) is 1. The molecule has 2 rings (SSSR count). The van der Waals surface area contributed by atoms with Crippen molar-refractivity contribution in [2.75, 3.05) is 27.2 Å². The maximum absolute atomic E-state index is 12.7. The summed E-state index contributed by atoms with van der Waals surface area (Å²) in [6.07, 6.45) is 3.06. The summed E-state index contributed by atoms with van der Waals surface area (Å²) in [7, 11) is 4.15. The normalized spacial score (nSPS) is 20.8. The average Bonchev–Trinajstić information content (AvgIpc) is 2.95. The molecule has 1 N–H and O–H groups in total. The molecule has 0 radical (unpaired) electrons. The van der Waals surface area contributed by atoms with E-state index in [4.69, 9.17) is 0 Å². The number of aromatic amines is 1. The van der Waals surface area contributed by atoms with Crippen LogP contribution < -0.4 is 5.56 Å². The highest BCUT2D eigenvalue weighted by molar-refractivity contribution is 5.79. The SMILES string of the molecule is CCC[C@@H]1CN(C(=O)Cc2c(C)nc(CC)[nH]c2=O)C[C@H]1N(C)C. The number of nitrogens with zero attached hydrogens (tertiary/aromatic N) is 3. The Morgan fingerprint density at radius 2 is 2.04 bits per heavy atom. The molecule has 0 spiro atoms. The molecule has 0 unspecified atom stereocenters. The van der Waals surface area contributed by atoms with Crippen molar-refractivity contribution in [3.63, 3.8) is 0 Å². The second kappa shape index (κ2) is 7.92. The van der Waals surface area contributed by atoms with Gasteiger partial charge in [0.1, 0.15) is 5.82 Å². The Kier molecular flexibility index (Phi) is 6.15. The van der Waals surface area contributed by atoms with Crippen LogP contribution in [0, 0.1) is 12.8 Å². The fraction of sp³-hybridized carbons (Fsp3) is 0.722. The highest BCUT2D eigenvalue weighted by Crippen LogP contribution is 2.25. The molecule has 0 aliphatic carbocycles. The van der Waals surface area contributed by atoms with E-state index in [1.54, 1.807) is 0 Å². The first-order chi connectivity index (χ1) is 11.4. The fourth-order valence-electron chi connectivity index (χ4n) is 3.60. The quantitative estimate of drug-likeness (QED) is 0.853. The van der Waals surface area contributed by atoms with Gasteiger partial charge < -0.3 is 14.8 Å². The van der Waals surface area contributed by atoms with Crippen LogP contribution in [0.1, 0.15) is 43.8 Å². The molecule has 0 bridgehead atoms. The van der Waals surface area contributed by atoms with E-state index in [0.29, 0.717) is 35.5 Å². The molecule has 6 heteroatoms. The van der Waals surface area contributed by atoms with Crippen LogP contribution in [-0.2, 0) is 17.6 Å². The van der Waals surface area contributed by atoms with Gasteiger partial charge in [-0.15, -0.1) is 0 Å². The van der Waals surface area contributed by atoms with Crippen LogP contribution in [0.3, 0.4) is 0 Å². The van der Waals surface area contributed by atoms with E-state index in [9.17, 15) is 9.59 Å². The van der Waals surface area contributed by atoms with Gasteiger partial charge in [0.15, 0.2) is 0 Å². The van der Waals surface area contributed by atoms with Crippen LogP contribution in [0.25, 0.3) is 0 Å². The van der Waals surface area contributed by atoms with Gasteiger partial charge in [-0.3, -0.25) is 9.59 Å². The van der Waals surface area contributed by atoms with Crippen molar-refractivity contribution in [1.29, 1.82) is 0 Å². The first-order valence-electron chi connectivity index (χ1n) is 8.90. The van der Waals surface area contributed by atoms with Gasteiger partial charge in [0, 0.05) is 36.8 Å². The lowest BCUT2D eigenvalue weighted by Crippen LogP contribution is -2.37. The molecular weight excluding hydrogens is 304 g/mol. The second-order valence-electron chi connectivity index (χ2n) is 6.99. The Balaban J connectivity index is 2.12. The standard InChI is InChI=1S/C18H30N4O2/c1-6-8-13-10-22(11-15(13)21(4)5)17(23)9-14-12(3)19-16(7-2)20-18(14)24/h13,15H,6-11H2,1-5H3,(H,19,20,24)/t13-,15-/m1/s1. The lowest BCUT2D eigenvalue weighted by atomic mass is 9.98. The van der Waals surface area contributed by atoms with Crippen molar-refractivity contribution in [2.45, 2.75) is 52.5 Å². The number of likely N-dealkylation sites (N-methyl/N-ethyl adjacent to an activating group) is 1. The number of aromatic nitrogens is 2. The zero-order valence-electron chi connectivity index (χ0n) is 15.6. The van der Waals surface area contributed by atoms with Crippen LogP contribution in [0.5, 0.6) is 0 Å². The van der Waals surface area contributed by atoms with Crippen LogP contribution in [-0.4, -0.2) is 58.9 Å². The summed E-state index contributed by atoms with van der Waals surface area (Å²) in [5.41, 5.74) is 0.983. The molecule has 24 heavy (non-hydrogen) atoms. The maximum Gasteiger partial charge on any atom is 0.254 e. The van der Waals surface area contributed by atoms with Crippen molar-refractivity contribution >= 4 is 5.91 Å². The summed E-state index contributed by atoms with van der Waals surface area (Å²) in [6.45, 7) is 7.47. The number of H-pyrrole nitrogens is 1. The number of likely N-dealkylation sites (tertiary alicyclic amines) is 1. The van der Waals surface area contributed by atoms with Crippen LogP contribution in [0.15, 0.2) is 4.79 Å². The molecule has 1 fully saturated rings. The third kappa shape index (κ3) is 4.04. The van der Waals surface area contributed by atoms with Crippen molar-refractivity contribution < 1.29 is 4.79 Å². The first-order valence-corrected chi connectivity index (χ1v) is 8.90. The fourth-order valence-corrected chi connectivity index (χ4v) is 3.60. The van der Waals surface area contributed by atoms with Crippen molar-refractivity contribution in [2.24, 2.45) is 5.92 Å². The van der Waals surface area contributed by atoms with Crippen molar-refractivity contribution in [1.82, 2.24) is 19.8 Å². The number of carbonyl (C=O) groups excluding carboxylic acids is 1. The summed E-state index contributed by atoms with van der Waals surface area (Å²) in [5, 5.41) is 0. The number of carbonyl (C=O) groups is 1. The number of rotatable bonds is 6. The highest BCUT2D eigenvalue weighted by atomic mass is 16.2. The van der Waals surface area contributed by atoms with Gasteiger partial charge >= 0.3 is 0 Å². The second-order valence-corrected chi connectivity index (χ2v) is 6.99. The number of aryl methyl sites for hydroxylation is 2. The molecule has 6 nitrogen and oxygen atoms in total. The van der Waals surface area contributed by atoms with E-state index in [-0.39, 0.29) is 17.9 Å². The Hall–Kier alpha value is -1.69. The van der Waals surface area contributed by atoms with Gasteiger partial charge in [-0.05, 0) is 33.4 Å². The first kappa shape index (κ1) is 18.6. The lowest BCUT2D eigenvalue weighted by Gasteiger charge is -2.24. The molecule has 1 aliphatic heterocycles. The van der Waals surface area contributed by atoms with Crippen LogP contribution in [0.2, 0.25) is 0 Å². The molecule has 2 atom stereocenters. The average molecular weight is 334 g/mol. The van der Waals surface area contributed by atoms with Gasteiger partial charge in [0.05, 0.1) is 6.42 Å². The van der Waals surface area contributed by atoms with E-state index in [1.807, 2.05) is 18.7 Å². The summed E-state index contributed by atoms with van der Waals surface area (Å²) < 4.78 is 0. The van der Waals surface area contributed by atoms with Gasteiger partial charge in [0.2, 0.25) is 5.91 Å². The Bertz CT molecular complexity index is 638. The third-order valence-corrected chi connectivity index (χ3v) is 5.02. The summed E-state index contributed by atoms with van der Waals surface area (Å²) in [6, 6.07) is 0.397. The van der Waals surface area contributed by atoms with E-state index < -0.39 is 0 Å². The predicted molar refractivity (Wildman–Crippen MR) is 95.1 cm³/mol. The van der Waals surface area contributed by atoms with Gasteiger partial charge in [-0.25, -0.2) is 4.98 Å². The molecular formula is C18H30N4O2. The van der Waals surface area contributed by atoms with Crippen LogP contribution >= 0.6 is 0 Å². The minimum absolute atomic E-state index is 0.0279. The summed E-state index contributed by atoms with van der Waals surface area (Å²) in [5.74, 6) is 1.21. The topological polar surface area (TPSA) is 69.3 Å². The zero-order valence-corrected chi connectivity index (χ0v) is 15.6. The van der Waals surface area contributed by atoms with Crippen molar-refractivity contribution in [3.8, 4) is 0 Å². The van der Waals surface area contributed by atoms with Gasteiger partial charge in [0.25, 0.3) is 5.56 Å². The summed E-state index contributed by atoms with van der Waals surface area (Å²) in [4.78, 5) is 36.2. The maximum atomic E-state index is 12.7. The van der Waals surface area contributed by atoms with E-state index in [1.165, 1.54) is 0 Å². The van der Waals surface area contributed by atoms with Crippen LogP contribution in [0.4, 0.5) is 0 Å². The smallest absolute Gasteiger partial charge is 0.254 e. The predicted octanol–water partition coefficient (Wildman–Crippen LogP) is 1.37. The Labute approximate surface area is 144 Å². The molecule has 0 saturated carbocycles. The minimum Gasteiger partial charge on any atom is -0.340 e. The number of hydrogen-bond acceptors (Lipinski definition) is 4. The highest BCUT2D eigenvalue weighted by Gasteiger charge is 2.35. The summed E-state index contributed by atoms with van der Waals surface area (Å²) >= 11 is 0. The van der Waals surface area contributed by atoms with E-state index in [0.717, 1.165) is 25.9 Å². The molecule has 134 valence electrons. The molecule has 1 saturated heterocycles. The molecule has 2 heterocycles. The third-order valence-electron chi connectivity index (χ3n) is 5.02. The molecule has 1 amide bonds. The van der Waals surface area contributed by atoms with Crippen molar-refractivity contribution in [3.05, 3.63) is 27.4 Å². The monoisotopic (exact) mass is 334 g/mol. The largest absolute Gasteiger partial charge is 0.340 e. The van der Waals surface area contributed by atoms with Gasteiger partial charge in [-0.1, -0.05) is 20.3 Å². The van der Waals surface area contributed by atoms with E-state index >= 15 is 0 Å². The molecule has 1 aliphatic rings. The number of nitrogens with one attached hydrogen (secondary N) is 1.